The lowest BCUT2D eigenvalue weighted by molar-refractivity contribution is 0.174. The van der Waals surface area contributed by atoms with Crippen molar-refractivity contribution in [1.29, 1.82) is 0 Å². The van der Waals surface area contributed by atoms with Gasteiger partial charge in [0.15, 0.2) is 0 Å². The van der Waals surface area contributed by atoms with E-state index in [0.29, 0.717) is 13.3 Å². The van der Waals surface area contributed by atoms with Gasteiger partial charge in [-0.2, -0.15) is 0 Å². The first-order valence-electron chi connectivity index (χ1n) is 4.78. The molecule has 0 saturated carbocycles. The highest BCUT2D eigenvalue weighted by atomic mass is 16.5. The molecule has 0 aliphatic carbocycles. The summed E-state index contributed by atoms with van der Waals surface area (Å²) in [5.41, 5.74) is 1.23. The molecule has 0 heterocycles. The molecule has 78 valence electrons. The molecule has 0 unspecified atom stereocenters. The number of ether oxygens (including phenoxy) is 2. The van der Waals surface area contributed by atoms with E-state index in [1.165, 1.54) is 5.56 Å². The van der Waals surface area contributed by atoms with Crippen LogP contribution in [0, 0.1) is 0 Å². The van der Waals surface area contributed by atoms with E-state index in [1.807, 2.05) is 31.2 Å². The fraction of sp³-hybridized carbons (Fsp3) is 0.455. The van der Waals surface area contributed by atoms with Crippen LogP contribution >= 0.6 is 0 Å². The summed E-state index contributed by atoms with van der Waals surface area (Å²) in [4.78, 5) is 0. The lowest BCUT2D eigenvalue weighted by atomic mass is 10.2. The van der Waals surface area contributed by atoms with Crippen molar-refractivity contribution in [3.63, 3.8) is 0 Å². The smallest absolute Gasteiger partial charge is 0.119 e. The molecular formula is C11H17NO2. The molecule has 1 N–H and O–H groups in total. The number of methoxy groups -OCH3 is 1. The molecule has 14 heavy (non-hydrogen) atoms. The van der Waals surface area contributed by atoms with Gasteiger partial charge in [-0.25, -0.2) is 0 Å². The second kappa shape index (κ2) is 6.40. The van der Waals surface area contributed by atoms with Crippen LogP contribution in [-0.2, 0) is 11.3 Å². The summed E-state index contributed by atoms with van der Waals surface area (Å²) in [5, 5.41) is 3.14. The molecule has 0 fully saturated rings. The Labute approximate surface area is 85.0 Å². The van der Waals surface area contributed by atoms with Crippen LogP contribution in [0.5, 0.6) is 5.75 Å². The van der Waals surface area contributed by atoms with Gasteiger partial charge in [0.1, 0.15) is 5.75 Å². The Morgan fingerprint density at radius 3 is 2.50 bits per heavy atom. The van der Waals surface area contributed by atoms with E-state index in [9.17, 15) is 0 Å². The van der Waals surface area contributed by atoms with Crippen molar-refractivity contribution in [3.05, 3.63) is 29.8 Å². The molecular weight excluding hydrogens is 178 g/mol. The lowest BCUT2D eigenvalue weighted by Crippen LogP contribution is -2.15. The first-order chi connectivity index (χ1) is 6.86. The molecule has 0 bridgehead atoms. The number of hydrogen-bond donors (Lipinski definition) is 1. The Bertz CT molecular complexity index is 246. The van der Waals surface area contributed by atoms with Crippen molar-refractivity contribution in [2.75, 3.05) is 20.4 Å². The third-order valence-corrected chi connectivity index (χ3v) is 1.81. The van der Waals surface area contributed by atoms with E-state index in [0.717, 1.165) is 12.3 Å². The minimum atomic E-state index is 0.577. The fourth-order valence-electron chi connectivity index (χ4n) is 1.17. The summed E-state index contributed by atoms with van der Waals surface area (Å²) in [6.07, 6.45) is 0. The van der Waals surface area contributed by atoms with Gasteiger partial charge in [-0.1, -0.05) is 12.1 Å². The van der Waals surface area contributed by atoms with Crippen molar-refractivity contribution in [1.82, 2.24) is 5.32 Å². The molecule has 0 spiro atoms. The van der Waals surface area contributed by atoms with Gasteiger partial charge < -0.3 is 9.47 Å². The van der Waals surface area contributed by atoms with Crippen LogP contribution in [0.2, 0.25) is 0 Å². The van der Waals surface area contributed by atoms with E-state index in [2.05, 4.69) is 5.32 Å². The van der Waals surface area contributed by atoms with E-state index >= 15 is 0 Å². The summed E-state index contributed by atoms with van der Waals surface area (Å²) in [6, 6.07) is 8.06. The highest BCUT2D eigenvalue weighted by molar-refractivity contribution is 5.27. The molecule has 0 saturated heterocycles. The molecule has 0 aromatic heterocycles. The van der Waals surface area contributed by atoms with Crippen LogP contribution in [0.1, 0.15) is 12.5 Å². The van der Waals surface area contributed by atoms with E-state index in [-0.39, 0.29) is 0 Å². The highest BCUT2D eigenvalue weighted by Crippen LogP contribution is 2.11. The topological polar surface area (TPSA) is 30.5 Å². The maximum Gasteiger partial charge on any atom is 0.119 e. The maximum absolute atomic E-state index is 5.34. The fourth-order valence-corrected chi connectivity index (χ4v) is 1.17. The van der Waals surface area contributed by atoms with Crippen LogP contribution in [0.4, 0.5) is 0 Å². The van der Waals surface area contributed by atoms with Gasteiger partial charge in [-0.05, 0) is 24.6 Å². The molecule has 0 aliphatic heterocycles. The Morgan fingerprint density at radius 2 is 1.93 bits per heavy atom. The monoisotopic (exact) mass is 195 g/mol. The van der Waals surface area contributed by atoms with E-state index in [4.69, 9.17) is 9.47 Å². The molecule has 0 radical (unpaired) electrons. The molecule has 0 amide bonds. The van der Waals surface area contributed by atoms with Crippen molar-refractivity contribution >= 4 is 0 Å². The van der Waals surface area contributed by atoms with Crippen molar-refractivity contribution < 1.29 is 9.47 Å². The highest BCUT2D eigenvalue weighted by Gasteiger charge is 1.93. The van der Waals surface area contributed by atoms with Gasteiger partial charge in [0, 0.05) is 13.7 Å². The average molecular weight is 195 g/mol. The summed E-state index contributed by atoms with van der Waals surface area (Å²) in [5.74, 6) is 0.919. The van der Waals surface area contributed by atoms with Gasteiger partial charge in [-0.15, -0.1) is 0 Å². The minimum Gasteiger partial charge on any atom is -0.494 e. The SMILES string of the molecule is CCOc1ccc(CNCOC)cc1. The zero-order valence-corrected chi connectivity index (χ0v) is 8.75. The summed E-state index contributed by atoms with van der Waals surface area (Å²) in [6.45, 7) is 4.09. The Kier molecular flexibility index (Phi) is 5.04. The number of nitrogens with one attached hydrogen (secondary N) is 1. The van der Waals surface area contributed by atoms with Crippen LogP contribution in [0.15, 0.2) is 24.3 Å². The third kappa shape index (κ3) is 3.77. The average Bonchev–Trinajstić information content (AvgIpc) is 2.21. The molecule has 1 aromatic carbocycles. The van der Waals surface area contributed by atoms with Gasteiger partial charge >= 0.3 is 0 Å². The van der Waals surface area contributed by atoms with Crippen molar-refractivity contribution in [3.8, 4) is 5.75 Å². The third-order valence-electron chi connectivity index (χ3n) is 1.81. The number of benzene rings is 1. The Morgan fingerprint density at radius 1 is 1.21 bits per heavy atom. The quantitative estimate of drug-likeness (QED) is 0.554. The van der Waals surface area contributed by atoms with Crippen LogP contribution in [-0.4, -0.2) is 20.4 Å². The molecule has 1 rings (SSSR count). The second-order valence-corrected chi connectivity index (χ2v) is 2.94. The van der Waals surface area contributed by atoms with Gasteiger partial charge in [-0.3, -0.25) is 5.32 Å². The van der Waals surface area contributed by atoms with Gasteiger partial charge in [0.25, 0.3) is 0 Å². The van der Waals surface area contributed by atoms with Crippen LogP contribution in [0.25, 0.3) is 0 Å². The van der Waals surface area contributed by atoms with E-state index < -0.39 is 0 Å². The second-order valence-electron chi connectivity index (χ2n) is 2.94. The number of rotatable bonds is 6. The number of hydrogen-bond acceptors (Lipinski definition) is 3. The lowest BCUT2D eigenvalue weighted by Gasteiger charge is -2.05. The maximum atomic E-state index is 5.34. The summed E-state index contributed by atoms with van der Waals surface area (Å²) < 4.78 is 10.2. The summed E-state index contributed by atoms with van der Waals surface area (Å²) >= 11 is 0. The van der Waals surface area contributed by atoms with E-state index in [1.54, 1.807) is 7.11 Å². The van der Waals surface area contributed by atoms with Crippen LogP contribution in [0.3, 0.4) is 0 Å². The minimum absolute atomic E-state index is 0.577. The zero-order chi connectivity index (χ0) is 10.2. The standard InChI is InChI=1S/C11H17NO2/c1-3-14-11-6-4-10(5-7-11)8-12-9-13-2/h4-7,12H,3,8-9H2,1-2H3. The Balaban J connectivity index is 2.38. The normalized spacial score (nSPS) is 10.1. The summed E-state index contributed by atoms with van der Waals surface area (Å²) in [7, 11) is 1.67. The predicted octanol–water partition coefficient (Wildman–Crippen LogP) is 1.78. The van der Waals surface area contributed by atoms with Gasteiger partial charge in [0.05, 0.1) is 13.3 Å². The zero-order valence-electron chi connectivity index (χ0n) is 8.75. The van der Waals surface area contributed by atoms with Crippen molar-refractivity contribution in [2.24, 2.45) is 0 Å². The molecule has 0 atom stereocenters. The van der Waals surface area contributed by atoms with Crippen molar-refractivity contribution in [2.45, 2.75) is 13.5 Å². The largest absolute Gasteiger partial charge is 0.494 e. The van der Waals surface area contributed by atoms with Crippen LogP contribution < -0.4 is 10.1 Å². The molecule has 3 nitrogen and oxygen atoms in total. The molecule has 1 aromatic rings. The first kappa shape index (κ1) is 11.0. The molecule has 3 heteroatoms. The Hall–Kier alpha value is -1.06. The van der Waals surface area contributed by atoms with Gasteiger partial charge in [0.2, 0.25) is 0 Å². The molecule has 0 aliphatic rings. The predicted molar refractivity (Wildman–Crippen MR) is 56.3 cm³/mol. The first-order valence-corrected chi connectivity index (χ1v) is 4.78.